The van der Waals surface area contributed by atoms with E-state index in [1.54, 1.807) is 12.1 Å². The third kappa shape index (κ3) is 6.88. The van der Waals surface area contributed by atoms with Gasteiger partial charge in [0.05, 0.1) is 22.9 Å². The lowest BCUT2D eigenvalue weighted by atomic mass is 10.0. The van der Waals surface area contributed by atoms with Crippen molar-refractivity contribution in [3.05, 3.63) is 114 Å². The van der Waals surface area contributed by atoms with Gasteiger partial charge in [-0.25, -0.2) is 0 Å². The van der Waals surface area contributed by atoms with Gasteiger partial charge in [0, 0.05) is 12.1 Å². The molecule has 2 N–H and O–H groups in total. The van der Waals surface area contributed by atoms with Crippen molar-refractivity contribution in [2.45, 2.75) is 31.6 Å². The zero-order valence-electron chi connectivity index (χ0n) is 21.8. The molecule has 0 saturated carbocycles. The molecule has 0 aliphatic heterocycles. The number of nitrogens with one attached hydrogen (secondary N) is 2. The second-order valence-corrected chi connectivity index (χ2v) is 11.0. The van der Waals surface area contributed by atoms with Gasteiger partial charge in [0.15, 0.2) is 0 Å². The number of hydrogen-bond donors (Lipinski definition) is 2. The number of amides is 1. The minimum atomic E-state index is -3.86. The van der Waals surface area contributed by atoms with E-state index in [9.17, 15) is 13.2 Å². The molecule has 0 aliphatic rings. The monoisotopic (exact) mass is 528 g/mol. The first kappa shape index (κ1) is 27.1. The first-order chi connectivity index (χ1) is 18.2. The van der Waals surface area contributed by atoms with Crippen LogP contribution in [-0.2, 0) is 14.3 Å². The summed E-state index contributed by atoms with van der Waals surface area (Å²) in [5.74, 6) is 0.147. The molecular weight excluding hydrogens is 496 g/mol. The fraction of sp³-hybridized carbons (Fsp3) is 0.194. The lowest BCUT2D eigenvalue weighted by molar-refractivity contribution is 0.102. The normalized spacial score (nSPS) is 11.4. The maximum Gasteiger partial charge on any atom is 0.297 e. The van der Waals surface area contributed by atoms with Crippen molar-refractivity contribution in [3.8, 4) is 11.1 Å². The van der Waals surface area contributed by atoms with Crippen molar-refractivity contribution in [1.29, 1.82) is 0 Å². The SMILES string of the molecule is Cc1ccc(S(=O)(=O)OCCNc2ccc(-c3ccccc3)cc2NC(=O)c2ccc(C(C)C)cc2)cc1. The predicted molar refractivity (Wildman–Crippen MR) is 153 cm³/mol. The summed E-state index contributed by atoms with van der Waals surface area (Å²) in [6, 6.07) is 29.7. The van der Waals surface area contributed by atoms with Crippen LogP contribution in [0, 0.1) is 6.92 Å². The molecule has 0 fully saturated rings. The minimum Gasteiger partial charge on any atom is -0.381 e. The number of aryl methyl sites for hydroxylation is 1. The maximum atomic E-state index is 13.1. The molecule has 38 heavy (non-hydrogen) atoms. The van der Waals surface area contributed by atoms with Crippen molar-refractivity contribution in [1.82, 2.24) is 0 Å². The Morgan fingerprint density at radius 3 is 2.16 bits per heavy atom. The molecule has 0 heterocycles. The Morgan fingerprint density at radius 2 is 1.50 bits per heavy atom. The number of hydrogen-bond acceptors (Lipinski definition) is 5. The zero-order valence-corrected chi connectivity index (χ0v) is 22.6. The van der Waals surface area contributed by atoms with Crippen LogP contribution in [0.4, 0.5) is 11.4 Å². The Balaban J connectivity index is 1.49. The molecule has 1 amide bonds. The van der Waals surface area contributed by atoms with Gasteiger partial charge >= 0.3 is 0 Å². The maximum absolute atomic E-state index is 13.1. The van der Waals surface area contributed by atoms with Gasteiger partial charge in [-0.2, -0.15) is 8.42 Å². The van der Waals surface area contributed by atoms with Crippen LogP contribution in [0.3, 0.4) is 0 Å². The molecule has 0 saturated heterocycles. The van der Waals surface area contributed by atoms with Crippen molar-refractivity contribution < 1.29 is 17.4 Å². The first-order valence-electron chi connectivity index (χ1n) is 12.5. The van der Waals surface area contributed by atoms with E-state index in [1.807, 2.05) is 79.7 Å². The number of carbonyl (C=O) groups is 1. The second kappa shape index (κ2) is 12.1. The van der Waals surface area contributed by atoms with Crippen LogP contribution in [0.1, 0.15) is 41.3 Å². The van der Waals surface area contributed by atoms with Crippen LogP contribution in [0.5, 0.6) is 0 Å². The Bertz CT molecular complexity index is 1480. The van der Waals surface area contributed by atoms with Gasteiger partial charge in [0.2, 0.25) is 0 Å². The summed E-state index contributed by atoms with van der Waals surface area (Å²) in [5, 5.41) is 6.22. The smallest absolute Gasteiger partial charge is 0.297 e. The molecule has 0 bridgehead atoms. The van der Waals surface area contributed by atoms with Gasteiger partial charge in [0.1, 0.15) is 0 Å². The van der Waals surface area contributed by atoms with Crippen LogP contribution in [0.2, 0.25) is 0 Å². The summed E-state index contributed by atoms with van der Waals surface area (Å²) in [5.41, 5.74) is 5.89. The molecule has 4 rings (SSSR count). The second-order valence-electron chi connectivity index (χ2n) is 9.37. The van der Waals surface area contributed by atoms with E-state index in [0.717, 1.165) is 22.3 Å². The molecule has 0 aliphatic carbocycles. The quantitative estimate of drug-likeness (QED) is 0.174. The molecule has 4 aromatic rings. The highest BCUT2D eigenvalue weighted by Gasteiger charge is 2.15. The van der Waals surface area contributed by atoms with Crippen molar-refractivity contribution in [2.75, 3.05) is 23.8 Å². The van der Waals surface area contributed by atoms with Gasteiger partial charge in [-0.3, -0.25) is 8.98 Å². The summed E-state index contributed by atoms with van der Waals surface area (Å²) >= 11 is 0. The van der Waals surface area contributed by atoms with Crippen LogP contribution < -0.4 is 10.6 Å². The fourth-order valence-electron chi connectivity index (χ4n) is 3.94. The molecule has 0 unspecified atom stereocenters. The Labute approximate surface area is 224 Å². The molecule has 6 nitrogen and oxygen atoms in total. The average Bonchev–Trinajstić information content (AvgIpc) is 2.92. The van der Waals surface area contributed by atoms with Crippen LogP contribution >= 0.6 is 0 Å². The highest BCUT2D eigenvalue weighted by Crippen LogP contribution is 2.30. The van der Waals surface area contributed by atoms with Gasteiger partial charge in [-0.05, 0) is 65.9 Å². The van der Waals surface area contributed by atoms with Crippen LogP contribution in [-0.4, -0.2) is 27.5 Å². The lowest BCUT2D eigenvalue weighted by Gasteiger charge is -2.16. The topological polar surface area (TPSA) is 84.5 Å². The van der Waals surface area contributed by atoms with Crippen molar-refractivity contribution in [2.24, 2.45) is 0 Å². The number of carbonyl (C=O) groups excluding carboxylic acids is 1. The Morgan fingerprint density at radius 1 is 0.816 bits per heavy atom. The zero-order chi connectivity index (χ0) is 27.1. The molecule has 7 heteroatoms. The average molecular weight is 529 g/mol. The minimum absolute atomic E-state index is 0.0688. The summed E-state index contributed by atoms with van der Waals surface area (Å²) in [6.07, 6.45) is 0. The summed E-state index contributed by atoms with van der Waals surface area (Å²) in [7, 11) is -3.86. The van der Waals surface area contributed by atoms with E-state index in [-0.39, 0.29) is 24.0 Å². The highest BCUT2D eigenvalue weighted by molar-refractivity contribution is 7.86. The van der Waals surface area contributed by atoms with E-state index >= 15 is 0 Å². The van der Waals surface area contributed by atoms with Crippen LogP contribution in [0.15, 0.2) is 102 Å². The molecule has 0 radical (unpaired) electrons. The standard InChI is InChI=1S/C31H32N2O4S/c1-22(2)24-11-13-26(14-12-24)31(34)33-30-21-27(25-7-5-4-6-8-25)15-18-29(30)32-19-20-37-38(35,36)28-16-9-23(3)10-17-28/h4-18,21-22,32H,19-20H2,1-3H3,(H,33,34). The molecule has 0 aromatic heterocycles. The highest BCUT2D eigenvalue weighted by atomic mass is 32.2. The lowest BCUT2D eigenvalue weighted by Crippen LogP contribution is -2.17. The van der Waals surface area contributed by atoms with Crippen molar-refractivity contribution in [3.63, 3.8) is 0 Å². The van der Waals surface area contributed by atoms with Gasteiger partial charge in [0.25, 0.3) is 16.0 Å². The summed E-state index contributed by atoms with van der Waals surface area (Å²) < 4.78 is 30.2. The van der Waals surface area contributed by atoms with E-state index < -0.39 is 10.1 Å². The number of anilines is 2. The summed E-state index contributed by atoms with van der Waals surface area (Å²) in [6.45, 7) is 6.26. The Kier molecular flexibility index (Phi) is 8.61. The van der Waals surface area contributed by atoms with E-state index in [4.69, 9.17) is 4.18 Å². The van der Waals surface area contributed by atoms with Crippen LogP contribution in [0.25, 0.3) is 11.1 Å². The molecule has 196 valence electrons. The van der Waals surface area contributed by atoms with Gasteiger partial charge in [-0.15, -0.1) is 0 Å². The Hall–Kier alpha value is -3.94. The van der Waals surface area contributed by atoms with Gasteiger partial charge in [-0.1, -0.05) is 80.1 Å². The molecule has 4 aromatic carbocycles. The third-order valence-corrected chi connectivity index (χ3v) is 7.51. The van der Waals surface area contributed by atoms with E-state index in [2.05, 4.69) is 24.5 Å². The molecular formula is C31H32N2O4S. The number of rotatable bonds is 10. The fourth-order valence-corrected chi connectivity index (χ4v) is 4.84. The molecule has 0 spiro atoms. The largest absolute Gasteiger partial charge is 0.381 e. The number of benzene rings is 4. The van der Waals surface area contributed by atoms with E-state index in [1.165, 1.54) is 12.1 Å². The van der Waals surface area contributed by atoms with Crippen molar-refractivity contribution >= 4 is 27.4 Å². The molecule has 0 atom stereocenters. The summed E-state index contributed by atoms with van der Waals surface area (Å²) in [4.78, 5) is 13.2. The van der Waals surface area contributed by atoms with Gasteiger partial charge < -0.3 is 10.6 Å². The third-order valence-electron chi connectivity index (χ3n) is 6.18. The van der Waals surface area contributed by atoms with E-state index in [0.29, 0.717) is 22.9 Å². The first-order valence-corrected chi connectivity index (χ1v) is 13.9. The predicted octanol–water partition coefficient (Wildman–Crippen LogP) is 6.86.